The Morgan fingerprint density at radius 3 is 1.74 bits per heavy atom. The van der Waals surface area contributed by atoms with E-state index in [2.05, 4.69) is 55.2 Å². The third kappa shape index (κ3) is 10.7. The molecule has 442 valence electrons. The summed E-state index contributed by atoms with van der Waals surface area (Å²) in [6, 6.07) is 16.8. The molecule has 24 heteroatoms. The summed E-state index contributed by atoms with van der Waals surface area (Å²) in [5, 5.41) is 13.5. The molecule has 24 nitrogen and oxygen atoms in total. The van der Waals surface area contributed by atoms with Crippen LogP contribution in [0.4, 0.5) is 29.2 Å². The zero-order chi connectivity index (χ0) is 59.4. The number of fused-ring (bicyclic) bond motifs is 3. The van der Waals surface area contributed by atoms with Crippen LogP contribution in [0, 0.1) is 5.41 Å². The molecule has 4 N–H and O–H groups in total. The third-order valence-electron chi connectivity index (χ3n) is 17.7. The molecule has 2 saturated heterocycles. The SMILES string of the molecule is CN(C)C(=O)c1cc2cnc(Nc3ccc(C(=O)N(C)C4CC5(C4)CN(c4cccc6c4n(C)c(=O)n6C4CCC(=O)NC4=O)C5)cn3)nc2n1C1CCCC1.CNCc1ccc(Nc2ncc3cc(C(=O)N(C)C)n(C4CCCC4)c3n2)nc1. The molecule has 0 bridgehead atoms. The van der Waals surface area contributed by atoms with Gasteiger partial charge in [0.2, 0.25) is 23.7 Å². The average molecular weight is 1150 g/mol. The van der Waals surface area contributed by atoms with E-state index in [1.54, 1.807) is 80.3 Å². The van der Waals surface area contributed by atoms with Crippen LogP contribution >= 0.6 is 0 Å². The number of amides is 5. The summed E-state index contributed by atoms with van der Waals surface area (Å²) in [5.41, 5.74) is 6.57. The van der Waals surface area contributed by atoms with Gasteiger partial charge in [-0.3, -0.25) is 38.4 Å². The lowest BCUT2D eigenvalue weighted by Crippen LogP contribution is -2.66. The Kier molecular flexibility index (Phi) is 15.2. The van der Waals surface area contributed by atoms with Gasteiger partial charge in [0.25, 0.3) is 17.7 Å². The van der Waals surface area contributed by atoms with Crippen LogP contribution in [0.15, 0.2) is 84.2 Å². The van der Waals surface area contributed by atoms with E-state index < -0.39 is 11.9 Å². The van der Waals surface area contributed by atoms with Crippen molar-refractivity contribution >= 4 is 91.9 Å². The first-order valence-corrected chi connectivity index (χ1v) is 29.3. The third-order valence-corrected chi connectivity index (χ3v) is 17.7. The maximum atomic E-state index is 13.6. The maximum absolute atomic E-state index is 13.6. The van der Waals surface area contributed by atoms with Gasteiger partial charge < -0.3 is 44.7 Å². The number of piperidine rings is 1. The molecule has 7 aromatic heterocycles. The number of imide groups is 1. The molecule has 1 unspecified atom stereocenters. The Morgan fingerprint density at radius 1 is 0.671 bits per heavy atom. The largest absolute Gasteiger partial charge is 0.369 e. The normalized spacial score (nSPS) is 17.9. The van der Waals surface area contributed by atoms with Crippen molar-refractivity contribution in [2.24, 2.45) is 12.5 Å². The highest BCUT2D eigenvalue weighted by atomic mass is 16.2. The second kappa shape index (κ2) is 22.8. The number of hydrogen-bond donors (Lipinski definition) is 4. The van der Waals surface area contributed by atoms with Crippen molar-refractivity contribution in [3.05, 3.63) is 112 Å². The molecule has 3 aliphatic carbocycles. The second-order valence-corrected chi connectivity index (χ2v) is 23.9. The molecule has 1 spiro atoms. The van der Waals surface area contributed by atoms with Crippen molar-refractivity contribution in [1.82, 2.24) is 73.5 Å². The molecule has 5 amide bonds. The van der Waals surface area contributed by atoms with Crippen LogP contribution in [-0.2, 0) is 23.2 Å². The van der Waals surface area contributed by atoms with E-state index in [4.69, 9.17) is 9.97 Å². The molecule has 1 aromatic carbocycles. The lowest BCUT2D eigenvalue weighted by molar-refractivity contribution is -0.135. The highest BCUT2D eigenvalue weighted by Crippen LogP contribution is 2.52. The quantitative estimate of drug-likeness (QED) is 0.0810. The number of anilines is 5. The summed E-state index contributed by atoms with van der Waals surface area (Å²) in [7, 11) is 12.5. The minimum absolute atomic E-state index is 0.00815. The van der Waals surface area contributed by atoms with Crippen molar-refractivity contribution < 1.29 is 24.0 Å². The van der Waals surface area contributed by atoms with E-state index in [0.29, 0.717) is 57.7 Å². The van der Waals surface area contributed by atoms with E-state index in [9.17, 15) is 28.8 Å². The minimum atomic E-state index is -0.732. The number of benzene rings is 1. The first-order valence-electron chi connectivity index (χ1n) is 29.3. The molecule has 8 aromatic rings. The standard InChI is InChI=1S/C40H45N11O5.C21H27N7O/c1-46(2)37(55)30-16-24-20-42-38(45-34(24)50(30)25-8-5-6-9-25)43-31-14-12-23(19-41-31)36(54)47(3)26-17-40(18-26)21-49(22-40)27-10-7-11-28-33(27)48(4)39(56)51(28)29-13-15-32(52)44-35(29)53;1-22-11-14-8-9-18(23-12-14)25-21-24-13-15-10-17(20(29)27(2)3)28(19(15)26-21)16-6-4-5-7-16/h7,10-12,14,16,19-20,25-26,29H,5-6,8-9,13,15,17-18,21-22H2,1-4H3,(H,44,52,53)(H,41,42,43,45);8-10,12-13,16,22H,4-7,11H2,1-3H3,(H,23,24,25,26). The summed E-state index contributed by atoms with van der Waals surface area (Å²) in [5.74, 6) is 1.10. The van der Waals surface area contributed by atoms with Crippen molar-refractivity contribution in [2.75, 3.05) is 70.9 Å². The average Bonchev–Trinajstić information content (AvgIpc) is 1.79. The van der Waals surface area contributed by atoms with E-state index in [1.807, 2.05) is 67.7 Å². The van der Waals surface area contributed by atoms with Crippen LogP contribution in [0.1, 0.15) is 132 Å². The van der Waals surface area contributed by atoms with Gasteiger partial charge in [-0.15, -0.1) is 0 Å². The Balaban J connectivity index is 0.000000205. The van der Waals surface area contributed by atoms with Gasteiger partial charge >= 0.3 is 5.69 Å². The number of nitrogens with zero attached hydrogens (tertiary/aromatic N) is 14. The van der Waals surface area contributed by atoms with E-state index in [0.717, 1.165) is 104 Å². The van der Waals surface area contributed by atoms with Crippen LogP contribution in [0.25, 0.3) is 33.1 Å². The molecule has 5 aliphatic rings. The van der Waals surface area contributed by atoms with Gasteiger partial charge in [0, 0.05) is 127 Å². The minimum Gasteiger partial charge on any atom is -0.369 e. The molecular formula is C61H72N18O6. The fourth-order valence-corrected chi connectivity index (χ4v) is 13.3. The number of pyridine rings is 2. The fraction of sp³-hybridized carbons (Fsp3) is 0.443. The highest BCUT2D eigenvalue weighted by molar-refractivity contribution is 6.01. The number of imidazole rings is 1. The molecule has 13 rings (SSSR count). The smallest absolute Gasteiger partial charge is 0.329 e. The van der Waals surface area contributed by atoms with Gasteiger partial charge in [-0.25, -0.2) is 24.7 Å². The summed E-state index contributed by atoms with van der Waals surface area (Å²) >= 11 is 0. The van der Waals surface area contributed by atoms with E-state index in [1.165, 1.54) is 17.4 Å². The summed E-state index contributed by atoms with van der Waals surface area (Å²) in [6.45, 7) is 2.38. The van der Waals surface area contributed by atoms with Gasteiger partial charge in [-0.1, -0.05) is 37.8 Å². The van der Waals surface area contributed by atoms with Crippen molar-refractivity contribution in [1.29, 1.82) is 0 Å². The lowest BCUT2D eigenvalue weighted by Gasteiger charge is -2.61. The number of carbonyl (C=O) groups excluding carboxylic acids is 5. The topological polar surface area (TPSA) is 261 Å². The molecule has 85 heavy (non-hydrogen) atoms. The van der Waals surface area contributed by atoms with Gasteiger partial charge in [-0.05, 0) is 100 Å². The Bertz CT molecular complexity index is 3950. The molecular weight excluding hydrogens is 1080 g/mol. The van der Waals surface area contributed by atoms with Crippen molar-refractivity contribution in [3.63, 3.8) is 0 Å². The zero-order valence-electron chi connectivity index (χ0n) is 49.1. The van der Waals surface area contributed by atoms with Crippen LogP contribution in [0.3, 0.4) is 0 Å². The number of aromatic nitrogens is 10. The van der Waals surface area contributed by atoms with Gasteiger partial charge in [-0.2, -0.15) is 9.97 Å². The molecule has 3 saturated carbocycles. The Morgan fingerprint density at radius 2 is 1.24 bits per heavy atom. The number of para-hydroxylation sites is 1. The van der Waals surface area contributed by atoms with E-state index in [-0.39, 0.29) is 59.7 Å². The van der Waals surface area contributed by atoms with Crippen LogP contribution in [-0.4, -0.2) is 154 Å². The van der Waals surface area contributed by atoms with Gasteiger partial charge in [0.1, 0.15) is 40.4 Å². The number of carbonyl (C=O) groups is 5. The van der Waals surface area contributed by atoms with Crippen LogP contribution in [0.2, 0.25) is 0 Å². The number of aryl methyl sites for hydroxylation is 1. The van der Waals surface area contributed by atoms with E-state index >= 15 is 0 Å². The lowest BCUT2D eigenvalue weighted by atomic mass is 9.60. The predicted octanol–water partition coefficient (Wildman–Crippen LogP) is 6.87. The van der Waals surface area contributed by atoms with Gasteiger partial charge in [0.15, 0.2) is 0 Å². The number of hydrogen-bond acceptors (Lipinski definition) is 16. The summed E-state index contributed by atoms with van der Waals surface area (Å²) in [4.78, 5) is 112. The Hall–Kier alpha value is -9.06. The first-order chi connectivity index (χ1) is 41.0. The highest BCUT2D eigenvalue weighted by Gasteiger charge is 2.54. The fourth-order valence-electron chi connectivity index (χ4n) is 13.3. The van der Waals surface area contributed by atoms with Crippen molar-refractivity contribution in [3.8, 4) is 0 Å². The summed E-state index contributed by atoms with van der Waals surface area (Å²) < 4.78 is 7.29. The molecule has 5 fully saturated rings. The summed E-state index contributed by atoms with van der Waals surface area (Å²) in [6.07, 6.45) is 17.9. The number of rotatable bonds is 14. The van der Waals surface area contributed by atoms with Crippen LogP contribution in [0.5, 0.6) is 0 Å². The maximum Gasteiger partial charge on any atom is 0.329 e. The number of nitrogens with one attached hydrogen (secondary N) is 4. The zero-order valence-corrected chi connectivity index (χ0v) is 49.1. The first kappa shape index (κ1) is 56.4. The van der Waals surface area contributed by atoms with Gasteiger partial charge in [0.05, 0.1) is 22.3 Å². The molecule has 2 aliphatic heterocycles. The Labute approximate surface area is 491 Å². The molecule has 9 heterocycles. The van der Waals surface area contributed by atoms with Crippen molar-refractivity contribution in [2.45, 2.75) is 108 Å². The van der Waals surface area contributed by atoms with Crippen LogP contribution < -0.4 is 31.9 Å². The predicted molar refractivity (Wildman–Crippen MR) is 322 cm³/mol. The monoisotopic (exact) mass is 1150 g/mol. The molecule has 1 atom stereocenters. The second-order valence-electron chi connectivity index (χ2n) is 23.9. The molecule has 0 radical (unpaired) electrons.